The number of anilines is 2. The maximum absolute atomic E-state index is 13.0. The predicted molar refractivity (Wildman–Crippen MR) is 107 cm³/mol. The molecule has 1 fully saturated rings. The van der Waals surface area contributed by atoms with E-state index in [1.807, 2.05) is 20.8 Å². The number of rotatable bonds is 6. The second-order valence-electron chi connectivity index (χ2n) is 6.98. The van der Waals surface area contributed by atoms with E-state index in [1.54, 1.807) is 29.4 Å². The van der Waals surface area contributed by atoms with Crippen molar-refractivity contribution < 1.29 is 9.59 Å². The second-order valence-corrected chi connectivity index (χ2v) is 7.42. The van der Waals surface area contributed by atoms with Gasteiger partial charge in [-0.1, -0.05) is 32.4 Å². The largest absolute Gasteiger partial charge is 0.327 e. The van der Waals surface area contributed by atoms with E-state index in [2.05, 4.69) is 20.3 Å². The number of aromatic nitrogens is 3. The molecule has 0 radical (unpaired) electrons. The Labute approximate surface area is 168 Å². The number of halogens is 1. The number of nitrogens with one attached hydrogen (secondary N) is 1. The van der Waals surface area contributed by atoms with Crippen molar-refractivity contribution in [3.8, 4) is 0 Å². The molecule has 3 rings (SSSR count). The average molecular weight is 403 g/mol. The van der Waals surface area contributed by atoms with Crippen LogP contribution in [-0.4, -0.2) is 50.9 Å². The molecule has 1 aliphatic heterocycles. The van der Waals surface area contributed by atoms with Crippen LogP contribution in [0.15, 0.2) is 30.7 Å². The van der Waals surface area contributed by atoms with Crippen LogP contribution in [0, 0.1) is 5.92 Å². The van der Waals surface area contributed by atoms with Gasteiger partial charge in [-0.3, -0.25) is 9.69 Å². The summed E-state index contributed by atoms with van der Waals surface area (Å²) in [5.74, 6) is 0.534. The molecule has 148 valence electrons. The van der Waals surface area contributed by atoms with Crippen LogP contribution >= 0.6 is 11.6 Å². The van der Waals surface area contributed by atoms with Gasteiger partial charge in [0.15, 0.2) is 0 Å². The van der Waals surface area contributed by atoms with Crippen molar-refractivity contribution in [2.75, 3.05) is 23.3 Å². The van der Waals surface area contributed by atoms with Crippen molar-refractivity contribution in [1.29, 1.82) is 0 Å². The quantitative estimate of drug-likeness (QED) is 0.801. The van der Waals surface area contributed by atoms with Crippen molar-refractivity contribution >= 4 is 35.3 Å². The Balaban J connectivity index is 1.74. The molecule has 28 heavy (non-hydrogen) atoms. The number of carbonyl (C=O) groups is 2. The third-order valence-electron chi connectivity index (χ3n) is 4.66. The van der Waals surface area contributed by atoms with Crippen LogP contribution < -0.4 is 10.2 Å². The summed E-state index contributed by atoms with van der Waals surface area (Å²) in [6.45, 7) is 6.41. The molecule has 3 heterocycles. The Morgan fingerprint density at radius 2 is 2.04 bits per heavy atom. The molecule has 1 N–H and O–H groups in total. The number of hydrogen-bond donors (Lipinski definition) is 1. The Bertz CT molecular complexity index is 858. The molecular formula is C19H23ClN6O2. The lowest BCUT2D eigenvalue weighted by Gasteiger charge is -2.25. The van der Waals surface area contributed by atoms with E-state index in [9.17, 15) is 9.59 Å². The lowest BCUT2D eigenvalue weighted by molar-refractivity contribution is -0.117. The smallest absolute Gasteiger partial charge is 0.310 e. The van der Waals surface area contributed by atoms with E-state index in [1.165, 1.54) is 11.1 Å². The minimum atomic E-state index is -0.335. The lowest BCUT2D eigenvalue weighted by atomic mass is 10.0. The van der Waals surface area contributed by atoms with E-state index >= 15 is 0 Å². The monoisotopic (exact) mass is 402 g/mol. The number of carbonyl (C=O) groups excluding carboxylic acids is 2. The summed E-state index contributed by atoms with van der Waals surface area (Å²) in [5, 5.41) is 3.15. The van der Waals surface area contributed by atoms with Gasteiger partial charge in [0.25, 0.3) is 0 Å². The summed E-state index contributed by atoms with van der Waals surface area (Å²) in [7, 11) is 0. The Morgan fingerprint density at radius 1 is 1.32 bits per heavy atom. The van der Waals surface area contributed by atoms with E-state index in [0.717, 1.165) is 12.0 Å². The maximum atomic E-state index is 13.0. The maximum Gasteiger partial charge on any atom is 0.327 e. The third-order valence-corrected chi connectivity index (χ3v) is 4.90. The highest BCUT2D eigenvalue weighted by molar-refractivity contribution is 6.30. The van der Waals surface area contributed by atoms with Gasteiger partial charge < -0.3 is 10.2 Å². The molecule has 8 nitrogen and oxygen atoms in total. The molecule has 0 aromatic carbocycles. The van der Waals surface area contributed by atoms with E-state index in [4.69, 9.17) is 11.6 Å². The van der Waals surface area contributed by atoms with Gasteiger partial charge in [-0.05, 0) is 30.0 Å². The first-order valence-corrected chi connectivity index (χ1v) is 9.57. The molecule has 1 saturated heterocycles. The predicted octanol–water partition coefficient (Wildman–Crippen LogP) is 2.99. The molecule has 0 spiro atoms. The fourth-order valence-electron chi connectivity index (χ4n) is 3.06. The molecule has 1 aliphatic rings. The fourth-order valence-corrected chi connectivity index (χ4v) is 3.22. The summed E-state index contributed by atoms with van der Waals surface area (Å²) in [4.78, 5) is 41.2. The Hall–Kier alpha value is -2.74. The first-order chi connectivity index (χ1) is 13.4. The van der Waals surface area contributed by atoms with Crippen molar-refractivity contribution in [1.82, 2.24) is 19.9 Å². The van der Waals surface area contributed by atoms with Crippen LogP contribution in [0.4, 0.5) is 16.6 Å². The van der Waals surface area contributed by atoms with Crippen LogP contribution in [0.2, 0.25) is 5.02 Å². The zero-order valence-electron chi connectivity index (χ0n) is 16.1. The zero-order valence-corrected chi connectivity index (χ0v) is 16.8. The molecule has 3 amide bonds. The van der Waals surface area contributed by atoms with Gasteiger partial charge in [0.2, 0.25) is 11.9 Å². The normalized spacial score (nSPS) is 16.8. The van der Waals surface area contributed by atoms with Gasteiger partial charge in [-0.25, -0.2) is 19.7 Å². The van der Waals surface area contributed by atoms with E-state index in [-0.39, 0.29) is 30.4 Å². The van der Waals surface area contributed by atoms with Gasteiger partial charge in [-0.2, -0.15) is 0 Å². The SMILES string of the molecule is CCc1cnc(N2C[C@H](C(C)C)N(CC(=O)Nc3cc(Cl)ccn3)C2=O)nc1. The molecule has 2 aromatic heterocycles. The Kier molecular flexibility index (Phi) is 6.08. The van der Waals surface area contributed by atoms with Gasteiger partial charge in [0.1, 0.15) is 12.4 Å². The highest BCUT2D eigenvalue weighted by Crippen LogP contribution is 2.25. The molecule has 9 heteroatoms. The molecular weight excluding hydrogens is 380 g/mol. The Morgan fingerprint density at radius 3 is 2.64 bits per heavy atom. The summed E-state index contributed by atoms with van der Waals surface area (Å²) in [6.07, 6.45) is 5.78. The van der Waals surface area contributed by atoms with Crippen molar-refractivity contribution in [2.45, 2.75) is 33.2 Å². The van der Waals surface area contributed by atoms with Crippen molar-refractivity contribution in [3.63, 3.8) is 0 Å². The third kappa shape index (κ3) is 4.39. The number of amides is 3. The van der Waals surface area contributed by atoms with Gasteiger partial charge in [0, 0.05) is 23.6 Å². The molecule has 1 atom stereocenters. The first kappa shape index (κ1) is 20.0. The van der Waals surface area contributed by atoms with Crippen molar-refractivity contribution in [2.24, 2.45) is 5.92 Å². The first-order valence-electron chi connectivity index (χ1n) is 9.19. The van der Waals surface area contributed by atoms with Crippen LogP contribution in [0.5, 0.6) is 0 Å². The average Bonchev–Trinajstić information content (AvgIpc) is 2.98. The highest BCUT2D eigenvalue weighted by atomic mass is 35.5. The van der Waals surface area contributed by atoms with Crippen LogP contribution in [0.3, 0.4) is 0 Å². The molecule has 2 aromatic rings. The fraction of sp³-hybridized carbons (Fsp3) is 0.421. The van der Waals surface area contributed by atoms with Crippen LogP contribution in [0.25, 0.3) is 0 Å². The van der Waals surface area contributed by atoms with E-state index in [0.29, 0.717) is 23.3 Å². The minimum Gasteiger partial charge on any atom is -0.310 e. The summed E-state index contributed by atoms with van der Waals surface area (Å²) >= 11 is 5.92. The van der Waals surface area contributed by atoms with E-state index < -0.39 is 0 Å². The van der Waals surface area contributed by atoms with Gasteiger partial charge in [-0.15, -0.1) is 0 Å². The number of nitrogens with zero attached hydrogens (tertiary/aromatic N) is 5. The summed E-state index contributed by atoms with van der Waals surface area (Å²) < 4.78 is 0. The molecule has 0 saturated carbocycles. The summed E-state index contributed by atoms with van der Waals surface area (Å²) in [6, 6.07) is 2.77. The number of aryl methyl sites for hydroxylation is 1. The molecule has 0 aliphatic carbocycles. The van der Waals surface area contributed by atoms with Crippen LogP contribution in [0.1, 0.15) is 26.3 Å². The number of hydrogen-bond acceptors (Lipinski definition) is 5. The highest BCUT2D eigenvalue weighted by Gasteiger charge is 2.41. The molecule has 0 bridgehead atoms. The van der Waals surface area contributed by atoms with Gasteiger partial charge in [0.05, 0.1) is 12.6 Å². The van der Waals surface area contributed by atoms with Crippen LogP contribution in [-0.2, 0) is 11.2 Å². The topological polar surface area (TPSA) is 91.3 Å². The number of pyridine rings is 1. The van der Waals surface area contributed by atoms with Gasteiger partial charge >= 0.3 is 6.03 Å². The molecule has 0 unspecified atom stereocenters. The summed E-state index contributed by atoms with van der Waals surface area (Å²) in [5.41, 5.74) is 1.00. The zero-order chi connectivity index (χ0) is 20.3. The number of urea groups is 1. The standard InChI is InChI=1S/C19H23ClN6O2/c1-4-13-8-22-18(23-9-13)26-10-15(12(2)3)25(19(26)28)11-17(27)24-16-7-14(20)5-6-21-16/h5-9,12,15H,4,10-11H2,1-3H3,(H,21,24,27)/t15-/m1/s1. The van der Waals surface area contributed by atoms with Crippen molar-refractivity contribution in [3.05, 3.63) is 41.3 Å². The minimum absolute atomic E-state index is 0.0839. The lowest BCUT2D eigenvalue weighted by Crippen LogP contribution is -2.43. The second kappa shape index (κ2) is 8.52.